The monoisotopic (exact) mass is 472 g/mol. The van der Waals surface area contributed by atoms with Crippen LogP contribution in [0.2, 0.25) is 0 Å². The predicted octanol–water partition coefficient (Wildman–Crippen LogP) is 3.99. The summed E-state index contributed by atoms with van der Waals surface area (Å²) in [7, 11) is 1.49. The molecule has 0 aliphatic rings. The highest BCUT2D eigenvalue weighted by Gasteiger charge is 2.14. The highest BCUT2D eigenvalue weighted by molar-refractivity contribution is 14.1. The van der Waals surface area contributed by atoms with Crippen LogP contribution in [0.5, 0.6) is 17.6 Å². The van der Waals surface area contributed by atoms with E-state index < -0.39 is 0 Å². The van der Waals surface area contributed by atoms with Crippen LogP contribution < -0.4 is 9.47 Å². The molecule has 1 N–H and O–H groups in total. The van der Waals surface area contributed by atoms with Crippen molar-refractivity contribution in [2.75, 3.05) is 7.11 Å². The highest BCUT2D eigenvalue weighted by atomic mass is 127. The van der Waals surface area contributed by atoms with Crippen molar-refractivity contribution in [1.29, 1.82) is 0 Å². The third kappa shape index (κ3) is 3.61. The summed E-state index contributed by atoms with van der Waals surface area (Å²) in [5.74, 6) is 1.06. The van der Waals surface area contributed by atoms with Crippen LogP contribution >= 0.6 is 22.6 Å². The Balaban J connectivity index is 1.56. The molecule has 0 amide bonds. The summed E-state index contributed by atoms with van der Waals surface area (Å²) in [4.78, 5) is 28.2. The molecule has 0 bridgehead atoms. The summed E-state index contributed by atoms with van der Waals surface area (Å²) in [6, 6.07) is 14.5. The largest absolute Gasteiger partial charge is 0.467 e. The number of aromatic nitrogens is 4. The van der Waals surface area contributed by atoms with Crippen LogP contribution in [0.1, 0.15) is 16.2 Å². The van der Waals surface area contributed by atoms with E-state index in [2.05, 4.69) is 42.5 Å². The maximum absolute atomic E-state index is 12.7. The molecule has 27 heavy (non-hydrogen) atoms. The molecule has 0 saturated carbocycles. The topological polar surface area (TPSA) is 90.0 Å². The third-order valence-electron chi connectivity index (χ3n) is 3.81. The first-order valence-corrected chi connectivity index (χ1v) is 9.06. The van der Waals surface area contributed by atoms with E-state index in [0.717, 1.165) is 14.6 Å². The molecule has 4 rings (SSSR count). The van der Waals surface area contributed by atoms with Gasteiger partial charge in [0.05, 0.1) is 27.9 Å². The number of para-hydroxylation sites is 2. The van der Waals surface area contributed by atoms with E-state index >= 15 is 0 Å². The molecular weight excluding hydrogens is 459 g/mol. The fourth-order valence-electron chi connectivity index (χ4n) is 2.49. The normalized spacial score (nSPS) is 10.7. The van der Waals surface area contributed by atoms with Gasteiger partial charge in [0.2, 0.25) is 11.7 Å². The molecule has 8 heteroatoms. The van der Waals surface area contributed by atoms with Crippen molar-refractivity contribution in [2.24, 2.45) is 0 Å². The number of nitrogens with one attached hydrogen (secondary N) is 1. The predicted molar refractivity (Wildman–Crippen MR) is 107 cm³/mol. The zero-order valence-corrected chi connectivity index (χ0v) is 16.3. The SMILES string of the molecule is COc1ncc(I)c(Oc2ccc(C(=O)c3nc4ccccc4[nH]3)cc2)n1. The number of ketones is 1. The average Bonchev–Trinajstić information content (AvgIpc) is 3.14. The van der Waals surface area contributed by atoms with Crippen molar-refractivity contribution in [3.63, 3.8) is 0 Å². The summed E-state index contributed by atoms with van der Waals surface area (Å²) in [6.45, 7) is 0. The first kappa shape index (κ1) is 17.4. The first-order chi connectivity index (χ1) is 13.1. The minimum atomic E-state index is -0.184. The number of benzene rings is 2. The molecule has 0 radical (unpaired) electrons. The molecule has 0 aliphatic heterocycles. The van der Waals surface area contributed by atoms with Gasteiger partial charge in [-0.1, -0.05) is 12.1 Å². The van der Waals surface area contributed by atoms with Gasteiger partial charge in [-0.2, -0.15) is 4.98 Å². The summed E-state index contributed by atoms with van der Waals surface area (Å²) in [5.41, 5.74) is 2.09. The van der Waals surface area contributed by atoms with Crippen LogP contribution in [0.25, 0.3) is 11.0 Å². The van der Waals surface area contributed by atoms with Gasteiger partial charge in [-0.05, 0) is 59.0 Å². The van der Waals surface area contributed by atoms with Gasteiger partial charge in [-0.15, -0.1) is 0 Å². The van der Waals surface area contributed by atoms with Crippen molar-refractivity contribution in [2.45, 2.75) is 0 Å². The quantitative estimate of drug-likeness (QED) is 0.349. The molecule has 2 aromatic heterocycles. The number of carbonyl (C=O) groups is 1. The van der Waals surface area contributed by atoms with Gasteiger partial charge in [-0.25, -0.2) is 9.97 Å². The van der Waals surface area contributed by atoms with Crippen molar-refractivity contribution >= 4 is 39.4 Å². The second kappa shape index (κ2) is 7.31. The minimum Gasteiger partial charge on any atom is -0.467 e. The summed E-state index contributed by atoms with van der Waals surface area (Å²) in [5, 5.41) is 0. The second-order valence-electron chi connectivity index (χ2n) is 5.57. The summed E-state index contributed by atoms with van der Waals surface area (Å²) < 4.78 is 11.5. The number of hydrogen-bond acceptors (Lipinski definition) is 6. The van der Waals surface area contributed by atoms with Crippen LogP contribution in [0.3, 0.4) is 0 Å². The molecule has 134 valence electrons. The Hall–Kier alpha value is -3.01. The Bertz CT molecular complexity index is 1090. The lowest BCUT2D eigenvalue weighted by Gasteiger charge is -2.08. The average molecular weight is 472 g/mol. The van der Waals surface area contributed by atoms with Crippen molar-refractivity contribution < 1.29 is 14.3 Å². The number of nitrogens with zero attached hydrogens (tertiary/aromatic N) is 3. The Morgan fingerprint density at radius 2 is 1.85 bits per heavy atom. The lowest BCUT2D eigenvalue weighted by atomic mass is 10.1. The zero-order chi connectivity index (χ0) is 18.8. The molecule has 0 atom stereocenters. The number of ether oxygens (including phenoxy) is 2. The molecule has 2 aromatic carbocycles. The van der Waals surface area contributed by atoms with Gasteiger partial charge in [0.25, 0.3) is 0 Å². The number of H-pyrrole nitrogens is 1. The van der Waals surface area contributed by atoms with E-state index in [0.29, 0.717) is 23.0 Å². The zero-order valence-electron chi connectivity index (χ0n) is 14.1. The van der Waals surface area contributed by atoms with Crippen LogP contribution in [0.15, 0.2) is 54.7 Å². The van der Waals surface area contributed by atoms with Crippen LogP contribution in [-0.4, -0.2) is 32.8 Å². The van der Waals surface area contributed by atoms with Gasteiger partial charge in [0, 0.05) is 5.56 Å². The van der Waals surface area contributed by atoms with Gasteiger partial charge < -0.3 is 14.5 Å². The Kier molecular flexibility index (Phi) is 4.71. The standard InChI is InChI=1S/C19H13IN4O3/c1-26-19-21-10-13(20)18(24-19)27-12-8-6-11(7-9-12)16(25)17-22-14-4-2-3-5-15(14)23-17/h2-10H,1H3,(H,22,23). The van der Waals surface area contributed by atoms with Crippen molar-refractivity contribution in [3.8, 4) is 17.6 Å². The molecule has 0 saturated heterocycles. The molecule has 0 spiro atoms. The lowest BCUT2D eigenvalue weighted by molar-refractivity contribution is 0.103. The molecule has 0 fully saturated rings. The number of halogens is 1. The van der Waals surface area contributed by atoms with Crippen molar-refractivity contribution in [1.82, 2.24) is 19.9 Å². The van der Waals surface area contributed by atoms with E-state index in [1.165, 1.54) is 7.11 Å². The minimum absolute atomic E-state index is 0.184. The smallest absolute Gasteiger partial charge is 0.319 e. The number of fused-ring (bicyclic) bond motifs is 1. The van der Waals surface area contributed by atoms with E-state index in [4.69, 9.17) is 9.47 Å². The Labute approximate surface area is 167 Å². The Morgan fingerprint density at radius 3 is 2.59 bits per heavy atom. The second-order valence-corrected chi connectivity index (χ2v) is 6.73. The van der Waals surface area contributed by atoms with Gasteiger partial charge in [-0.3, -0.25) is 4.79 Å². The fourth-order valence-corrected chi connectivity index (χ4v) is 2.86. The van der Waals surface area contributed by atoms with E-state index in [1.54, 1.807) is 30.5 Å². The maximum Gasteiger partial charge on any atom is 0.319 e. The number of carbonyl (C=O) groups excluding carboxylic acids is 1. The molecule has 7 nitrogen and oxygen atoms in total. The van der Waals surface area contributed by atoms with Crippen LogP contribution in [0.4, 0.5) is 0 Å². The summed E-state index contributed by atoms with van der Waals surface area (Å²) in [6.07, 6.45) is 1.61. The number of hydrogen-bond donors (Lipinski definition) is 1. The number of aromatic amines is 1. The fraction of sp³-hybridized carbons (Fsp3) is 0.0526. The number of imidazole rings is 1. The molecular formula is C19H13IN4O3. The number of rotatable bonds is 5. The first-order valence-electron chi connectivity index (χ1n) is 7.98. The van der Waals surface area contributed by atoms with Gasteiger partial charge in [0.15, 0.2) is 5.82 Å². The van der Waals surface area contributed by atoms with E-state index in [1.807, 2.05) is 24.3 Å². The third-order valence-corrected chi connectivity index (χ3v) is 4.55. The van der Waals surface area contributed by atoms with Gasteiger partial charge >= 0.3 is 6.01 Å². The van der Waals surface area contributed by atoms with Crippen LogP contribution in [-0.2, 0) is 0 Å². The number of methoxy groups -OCH3 is 1. The molecule has 0 unspecified atom stereocenters. The molecule has 0 aliphatic carbocycles. The highest BCUT2D eigenvalue weighted by Crippen LogP contribution is 2.26. The molecule has 4 aromatic rings. The van der Waals surface area contributed by atoms with Gasteiger partial charge in [0.1, 0.15) is 5.75 Å². The lowest BCUT2D eigenvalue weighted by Crippen LogP contribution is -2.03. The molecule has 2 heterocycles. The van der Waals surface area contributed by atoms with Crippen molar-refractivity contribution in [3.05, 3.63) is 69.7 Å². The summed E-state index contributed by atoms with van der Waals surface area (Å²) >= 11 is 2.08. The van der Waals surface area contributed by atoms with E-state index in [9.17, 15) is 4.79 Å². The Morgan fingerprint density at radius 1 is 1.07 bits per heavy atom. The maximum atomic E-state index is 12.7. The van der Waals surface area contributed by atoms with E-state index in [-0.39, 0.29) is 11.8 Å². The van der Waals surface area contributed by atoms with Crippen LogP contribution in [0, 0.1) is 3.57 Å².